The molecule has 0 N–H and O–H groups in total. The third-order valence-electron chi connectivity index (χ3n) is 5.12. The second kappa shape index (κ2) is 5.47. The Hall–Kier alpha value is -1.19. The molecule has 2 aromatic rings. The number of rotatable bonds is 3. The highest BCUT2D eigenvalue weighted by atomic mass is 32.1. The Morgan fingerprint density at radius 3 is 2.91 bits per heavy atom. The van der Waals surface area contributed by atoms with Gasteiger partial charge in [0.25, 0.3) is 0 Å². The van der Waals surface area contributed by atoms with Crippen LogP contribution in [0.1, 0.15) is 30.6 Å². The van der Waals surface area contributed by atoms with Gasteiger partial charge in [-0.25, -0.2) is 4.39 Å². The quantitative estimate of drug-likeness (QED) is 0.755. The van der Waals surface area contributed by atoms with Crippen LogP contribution < -0.4 is 0 Å². The summed E-state index contributed by atoms with van der Waals surface area (Å²) >= 11 is 1.77. The van der Waals surface area contributed by atoms with E-state index in [1.165, 1.54) is 35.9 Å². The van der Waals surface area contributed by atoms with Crippen molar-refractivity contribution >= 4 is 27.0 Å². The average Bonchev–Trinajstić information content (AvgIpc) is 3.02. The largest absolute Gasteiger partial charge is 0.305 e. The van der Waals surface area contributed by atoms with Gasteiger partial charge in [0.15, 0.2) is 0 Å². The van der Waals surface area contributed by atoms with Crippen molar-refractivity contribution in [1.82, 2.24) is 4.90 Å². The molecule has 0 saturated heterocycles. The first-order valence-corrected chi connectivity index (χ1v) is 8.98. The van der Waals surface area contributed by atoms with Crippen molar-refractivity contribution in [1.29, 1.82) is 0 Å². The van der Waals surface area contributed by atoms with Crippen LogP contribution in [0.2, 0.25) is 0 Å². The molecule has 4 rings (SSSR count). The lowest BCUT2D eigenvalue weighted by Crippen LogP contribution is -2.21. The monoisotopic (exact) mass is 315 g/mol. The molecule has 2 aliphatic carbocycles. The molecule has 1 aromatic carbocycles. The Balaban J connectivity index is 1.82. The zero-order valence-corrected chi connectivity index (χ0v) is 14.0. The van der Waals surface area contributed by atoms with E-state index < -0.39 is 0 Å². The molecule has 0 aliphatic heterocycles. The van der Waals surface area contributed by atoms with Crippen LogP contribution in [0.4, 0.5) is 4.39 Å². The molecule has 1 heterocycles. The lowest BCUT2D eigenvalue weighted by Gasteiger charge is -2.28. The van der Waals surface area contributed by atoms with Crippen molar-refractivity contribution in [3.63, 3.8) is 0 Å². The molecule has 1 fully saturated rings. The molecule has 1 nitrogen and oxygen atoms in total. The molecule has 3 heteroatoms. The Kier molecular flexibility index (Phi) is 3.58. The van der Waals surface area contributed by atoms with Crippen LogP contribution in [0.15, 0.2) is 29.8 Å². The normalized spacial score (nSPS) is 24.7. The van der Waals surface area contributed by atoms with Crippen molar-refractivity contribution in [2.45, 2.75) is 25.7 Å². The molecule has 1 aromatic heterocycles. The van der Waals surface area contributed by atoms with Gasteiger partial charge in [0.1, 0.15) is 5.82 Å². The predicted octanol–water partition coefficient (Wildman–Crippen LogP) is 5.18. The minimum atomic E-state index is -0.132. The molecule has 0 amide bonds. The SMILES string of the molecule is CN(C)CC1=C(c2cc3ccc(F)cc3s2)[C@@H]2CC[C@H](C1)C2. The number of thiophene rings is 1. The van der Waals surface area contributed by atoms with Gasteiger partial charge in [-0.05, 0) is 80.8 Å². The van der Waals surface area contributed by atoms with Gasteiger partial charge in [0, 0.05) is 16.1 Å². The number of hydrogen-bond donors (Lipinski definition) is 0. The maximum Gasteiger partial charge on any atom is 0.124 e. The van der Waals surface area contributed by atoms with Gasteiger partial charge >= 0.3 is 0 Å². The van der Waals surface area contributed by atoms with Crippen LogP contribution in [-0.2, 0) is 0 Å². The van der Waals surface area contributed by atoms with Crippen LogP contribution in [0.25, 0.3) is 15.7 Å². The zero-order chi connectivity index (χ0) is 15.3. The number of hydrogen-bond acceptors (Lipinski definition) is 2. The lowest BCUT2D eigenvalue weighted by molar-refractivity contribution is 0.413. The zero-order valence-electron chi connectivity index (χ0n) is 13.2. The summed E-state index contributed by atoms with van der Waals surface area (Å²) in [6.45, 7) is 1.06. The molecule has 1 saturated carbocycles. The number of likely N-dealkylation sites (N-methyl/N-ethyl adjacent to an activating group) is 1. The predicted molar refractivity (Wildman–Crippen MR) is 92.7 cm³/mol. The standard InChI is InChI=1S/C19H22FNS/c1-21(2)11-15-8-12-3-4-14(7-12)19(15)18-9-13-5-6-16(20)10-17(13)22-18/h5-6,9-10,12,14H,3-4,7-8,11H2,1-2H3/t12-,14+/m0/s1. The van der Waals surface area contributed by atoms with Crippen LogP contribution in [0.5, 0.6) is 0 Å². The second-order valence-electron chi connectivity index (χ2n) is 7.13. The average molecular weight is 315 g/mol. The summed E-state index contributed by atoms with van der Waals surface area (Å²) in [4.78, 5) is 3.66. The minimum Gasteiger partial charge on any atom is -0.305 e. The lowest BCUT2D eigenvalue weighted by atomic mass is 9.82. The summed E-state index contributed by atoms with van der Waals surface area (Å²) in [5, 5.41) is 1.18. The number of fused-ring (bicyclic) bond motifs is 3. The molecule has 22 heavy (non-hydrogen) atoms. The van der Waals surface area contributed by atoms with Crippen LogP contribution >= 0.6 is 11.3 Å². The number of halogens is 1. The van der Waals surface area contributed by atoms with E-state index in [0.717, 1.165) is 23.1 Å². The van der Waals surface area contributed by atoms with Crippen molar-refractivity contribution in [2.75, 3.05) is 20.6 Å². The van der Waals surface area contributed by atoms with Crippen molar-refractivity contribution in [3.05, 3.63) is 40.5 Å². The third kappa shape index (κ3) is 2.50. The molecular weight excluding hydrogens is 293 g/mol. The van der Waals surface area contributed by atoms with E-state index >= 15 is 0 Å². The topological polar surface area (TPSA) is 3.24 Å². The van der Waals surface area contributed by atoms with Gasteiger partial charge in [0.05, 0.1) is 0 Å². The number of benzene rings is 1. The van der Waals surface area contributed by atoms with E-state index in [1.807, 2.05) is 6.07 Å². The maximum atomic E-state index is 13.5. The summed E-state index contributed by atoms with van der Waals surface area (Å²) < 4.78 is 14.6. The highest BCUT2D eigenvalue weighted by Gasteiger charge is 2.35. The molecule has 2 aliphatic rings. The molecule has 0 radical (unpaired) electrons. The number of allylic oxidation sites excluding steroid dienone is 1. The Morgan fingerprint density at radius 1 is 1.23 bits per heavy atom. The summed E-state index contributed by atoms with van der Waals surface area (Å²) in [6, 6.07) is 7.44. The highest BCUT2D eigenvalue weighted by Crippen LogP contribution is 2.50. The van der Waals surface area contributed by atoms with Crippen molar-refractivity contribution in [2.24, 2.45) is 11.8 Å². The van der Waals surface area contributed by atoms with Crippen LogP contribution in [0, 0.1) is 17.7 Å². The Morgan fingerprint density at radius 2 is 2.09 bits per heavy atom. The Bertz CT molecular complexity index is 743. The first kappa shape index (κ1) is 14.4. The minimum absolute atomic E-state index is 0.132. The van der Waals surface area contributed by atoms with E-state index in [0.29, 0.717) is 0 Å². The van der Waals surface area contributed by atoms with Crippen molar-refractivity contribution in [3.8, 4) is 0 Å². The fraction of sp³-hybridized carbons (Fsp3) is 0.474. The fourth-order valence-electron chi connectivity index (χ4n) is 4.31. The van der Waals surface area contributed by atoms with Gasteiger partial charge in [0.2, 0.25) is 0 Å². The molecule has 2 atom stereocenters. The van der Waals surface area contributed by atoms with Gasteiger partial charge in [-0.15, -0.1) is 11.3 Å². The van der Waals surface area contributed by atoms with Crippen LogP contribution in [0.3, 0.4) is 0 Å². The number of nitrogens with zero attached hydrogens (tertiary/aromatic N) is 1. The van der Waals surface area contributed by atoms with Gasteiger partial charge < -0.3 is 4.90 Å². The molecule has 0 unspecified atom stereocenters. The van der Waals surface area contributed by atoms with E-state index in [1.54, 1.807) is 34.6 Å². The van der Waals surface area contributed by atoms with Crippen molar-refractivity contribution < 1.29 is 4.39 Å². The molecule has 0 spiro atoms. The first-order valence-electron chi connectivity index (χ1n) is 8.16. The first-order chi connectivity index (χ1) is 10.6. The van der Waals surface area contributed by atoms with Gasteiger partial charge in [-0.1, -0.05) is 11.6 Å². The van der Waals surface area contributed by atoms with E-state index in [4.69, 9.17) is 0 Å². The second-order valence-corrected chi connectivity index (χ2v) is 8.21. The molecular formula is C19H22FNS. The highest BCUT2D eigenvalue weighted by molar-refractivity contribution is 7.20. The maximum absolute atomic E-state index is 13.5. The Labute approximate surface area is 135 Å². The molecule has 2 bridgehead atoms. The van der Waals surface area contributed by atoms with Crippen LogP contribution in [-0.4, -0.2) is 25.5 Å². The fourth-order valence-corrected chi connectivity index (χ4v) is 5.57. The summed E-state index contributed by atoms with van der Waals surface area (Å²) in [6.07, 6.45) is 5.33. The summed E-state index contributed by atoms with van der Waals surface area (Å²) in [7, 11) is 4.31. The van der Waals surface area contributed by atoms with E-state index in [-0.39, 0.29) is 5.82 Å². The van der Waals surface area contributed by atoms with Gasteiger partial charge in [-0.3, -0.25) is 0 Å². The van der Waals surface area contributed by atoms with Gasteiger partial charge in [-0.2, -0.15) is 0 Å². The summed E-state index contributed by atoms with van der Waals surface area (Å²) in [5.74, 6) is 1.50. The van der Waals surface area contributed by atoms with E-state index in [2.05, 4.69) is 25.1 Å². The molecule has 116 valence electrons. The van der Waals surface area contributed by atoms with E-state index in [9.17, 15) is 4.39 Å². The smallest absolute Gasteiger partial charge is 0.124 e. The summed E-state index contributed by atoms with van der Waals surface area (Å²) in [5.41, 5.74) is 3.21. The third-order valence-corrected chi connectivity index (χ3v) is 6.25.